The topological polar surface area (TPSA) is 73.6 Å². The molecule has 0 radical (unpaired) electrons. The fourth-order valence-corrected chi connectivity index (χ4v) is 2.48. The monoisotopic (exact) mass is 329 g/mol. The second-order valence-electron chi connectivity index (χ2n) is 5.68. The van der Waals surface area contributed by atoms with Crippen molar-refractivity contribution >= 4 is 23.0 Å². The summed E-state index contributed by atoms with van der Waals surface area (Å²) in [6.07, 6.45) is 1.02. The molecule has 124 valence electrons. The highest BCUT2D eigenvalue weighted by molar-refractivity contribution is 5.64. The SMILES string of the molecule is CCc1ccc(Nc2cc(Nc3cccc(C#N)c3)nc(C)n2)cc1. The third-order valence-corrected chi connectivity index (χ3v) is 3.74. The van der Waals surface area contributed by atoms with E-state index in [0.29, 0.717) is 17.2 Å². The van der Waals surface area contributed by atoms with E-state index >= 15 is 0 Å². The van der Waals surface area contributed by atoms with Crippen molar-refractivity contribution in [2.24, 2.45) is 0 Å². The molecule has 5 heteroatoms. The summed E-state index contributed by atoms with van der Waals surface area (Å²) in [5, 5.41) is 15.5. The van der Waals surface area contributed by atoms with Crippen LogP contribution in [0.4, 0.5) is 23.0 Å². The van der Waals surface area contributed by atoms with Crippen LogP contribution in [0.5, 0.6) is 0 Å². The molecule has 3 aromatic rings. The van der Waals surface area contributed by atoms with E-state index in [1.54, 1.807) is 12.1 Å². The van der Waals surface area contributed by atoms with E-state index in [4.69, 9.17) is 5.26 Å². The van der Waals surface area contributed by atoms with Gasteiger partial charge in [-0.25, -0.2) is 9.97 Å². The maximum Gasteiger partial charge on any atom is 0.136 e. The Morgan fingerprint density at radius 1 is 0.920 bits per heavy atom. The molecular formula is C20H19N5. The number of nitrogens with one attached hydrogen (secondary N) is 2. The smallest absolute Gasteiger partial charge is 0.136 e. The van der Waals surface area contributed by atoms with Gasteiger partial charge in [-0.15, -0.1) is 0 Å². The van der Waals surface area contributed by atoms with Gasteiger partial charge in [-0.05, 0) is 49.2 Å². The molecule has 1 heterocycles. The van der Waals surface area contributed by atoms with E-state index in [-0.39, 0.29) is 0 Å². The Kier molecular flexibility index (Phi) is 4.91. The van der Waals surface area contributed by atoms with Gasteiger partial charge in [0.05, 0.1) is 11.6 Å². The van der Waals surface area contributed by atoms with Crippen LogP contribution in [0.15, 0.2) is 54.6 Å². The number of hydrogen-bond acceptors (Lipinski definition) is 5. The average Bonchev–Trinajstić information content (AvgIpc) is 2.62. The summed E-state index contributed by atoms with van der Waals surface area (Å²) in [7, 11) is 0. The number of nitrogens with zero attached hydrogens (tertiary/aromatic N) is 3. The average molecular weight is 329 g/mol. The van der Waals surface area contributed by atoms with Crippen molar-refractivity contribution in [3.63, 3.8) is 0 Å². The zero-order valence-electron chi connectivity index (χ0n) is 14.2. The third-order valence-electron chi connectivity index (χ3n) is 3.74. The summed E-state index contributed by atoms with van der Waals surface area (Å²) in [5.41, 5.74) is 3.69. The Balaban J connectivity index is 1.80. The van der Waals surface area contributed by atoms with Crippen LogP contribution in [0, 0.1) is 18.3 Å². The number of rotatable bonds is 5. The number of benzene rings is 2. The number of aromatic nitrogens is 2. The number of anilines is 4. The molecule has 0 aliphatic carbocycles. The summed E-state index contributed by atoms with van der Waals surface area (Å²) in [6, 6.07) is 19.6. The van der Waals surface area contributed by atoms with Crippen molar-refractivity contribution in [1.29, 1.82) is 5.26 Å². The Labute approximate surface area is 147 Å². The predicted molar refractivity (Wildman–Crippen MR) is 100 cm³/mol. The Morgan fingerprint density at radius 2 is 1.60 bits per heavy atom. The molecule has 0 unspecified atom stereocenters. The first-order valence-corrected chi connectivity index (χ1v) is 8.15. The molecule has 0 atom stereocenters. The maximum absolute atomic E-state index is 9.00. The van der Waals surface area contributed by atoms with Crippen LogP contribution in [0.1, 0.15) is 23.9 Å². The summed E-state index contributed by atoms with van der Waals surface area (Å²) in [6.45, 7) is 3.98. The van der Waals surface area contributed by atoms with Crippen molar-refractivity contribution in [2.75, 3.05) is 10.6 Å². The van der Waals surface area contributed by atoms with E-state index in [0.717, 1.165) is 23.6 Å². The molecule has 0 amide bonds. The normalized spacial score (nSPS) is 10.1. The van der Waals surface area contributed by atoms with Gasteiger partial charge in [-0.1, -0.05) is 25.1 Å². The van der Waals surface area contributed by atoms with Crippen molar-refractivity contribution in [1.82, 2.24) is 9.97 Å². The van der Waals surface area contributed by atoms with Gasteiger partial charge in [0.25, 0.3) is 0 Å². The van der Waals surface area contributed by atoms with Crippen LogP contribution in [0.2, 0.25) is 0 Å². The molecule has 0 fully saturated rings. The van der Waals surface area contributed by atoms with E-state index in [2.05, 4.69) is 45.7 Å². The molecule has 3 rings (SSSR count). The van der Waals surface area contributed by atoms with Gasteiger partial charge < -0.3 is 10.6 Å². The van der Waals surface area contributed by atoms with Crippen molar-refractivity contribution < 1.29 is 0 Å². The van der Waals surface area contributed by atoms with E-state index in [9.17, 15) is 0 Å². The Bertz CT molecular complexity index is 910. The van der Waals surface area contributed by atoms with Gasteiger partial charge in [-0.2, -0.15) is 5.26 Å². The Morgan fingerprint density at radius 3 is 2.24 bits per heavy atom. The lowest BCUT2D eigenvalue weighted by atomic mass is 10.1. The minimum Gasteiger partial charge on any atom is -0.340 e. The number of aryl methyl sites for hydroxylation is 2. The minimum atomic E-state index is 0.602. The standard InChI is InChI=1S/C20H19N5/c1-3-15-7-9-17(10-8-15)24-19-12-20(23-14(2)22-19)25-18-6-4-5-16(11-18)13-21/h4-12H,3H2,1-2H3,(H2,22,23,24,25). The highest BCUT2D eigenvalue weighted by atomic mass is 15.1. The van der Waals surface area contributed by atoms with Crippen LogP contribution < -0.4 is 10.6 Å². The van der Waals surface area contributed by atoms with E-state index in [1.165, 1.54) is 5.56 Å². The molecule has 0 saturated heterocycles. The Hall–Kier alpha value is -3.39. The van der Waals surface area contributed by atoms with Crippen molar-refractivity contribution in [3.05, 3.63) is 71.5 Å². The van der Waals surface area contributed by atoms with Crippen LogP contribution in [-0.2, 0) is 6.42 Å². The largest absolute Gasteiger partial charge is 0.340 e. The number of nitriles is 1. The highest BCUT2D eigenvalue weighted by Crippen LogP contribution is 2.21. The summed E-state index contributed by atoms with van der Waals surface area (Å²) in [4.78, 5) is 8.84. The van der Waals surface area contributed by atoms with Gasteiger partial charge in [-0.3, -0.25) is 0 Å². The van der Waals surface area contributed by atoms with Crippen LogP contribution in [0.3, 0.4) is 0 Å². The molecule has 1 aromatic heterocycles. The molecule has 2 aromatic carbocycles. The summed E-state index contributed by atoms with van der Waals surface area (Å²) in [5.74, 6) is 2.06. The minimum absolute atomic E-state index is 0.602. The molecule has 5 nitrogen and oxygen atoms in total. The van der Waals surface area contributed by atoms with E-state index in [1.807, 2.05) is 37.3 Å². The summed E-state index contributed by atoms with van der Waals surface area (Å²) >= 11 is 0. The lowest BCUT2D eigenvalue weighted by Gasteiger charge is -2.11. The molecule has 0 bridgehead atoms. The third kappa shape index (κ3) is 4.33. The fourth-order valence-electron chi connectivity index (χ4n) is 2.48. The van der Waals surface area contributed by atoms with E-state index < -0.39 is 0 Å². The molecule has 0 aliphatic rings. The lowest BCUT2D eigenvalue weighted by molar-refractivity contribution is 1.06. The highest BCUT2D eigenvalue weighted by Gasteiger charge is 2.04. The fraction of sp³-hybridized carbons (Fsp3) is 0.150. The van der Waals surface area contributed by atoms with Crippen LogP contribution in [-0.4, -0.2) is 9.97 Å². The van der Waals surface area contributed by atoms with Crippen LogP contribution in [0.25, 0.3) is 0 Å². The quantitative estimate of drug-likeness (QED) is 0.709. The first-order valence-electron chi connectivity index (χ1n) is 8.15. The molecule has 2 N–H and O–H groups in total. The molecule has 0 saturated carbocycles. The first-order chi connectivity index (χ1) is 12.2. The van der Waals surface area contributed by atoms with Gasteiger partial charge in [0.2, 0.25) is 0 Å². The summed E-state index contributed by atoms with van der Waals surface area (Å²) < 4.78 is 0. The predicted octanol–water partition coefficient (Wildman–Crippen LogP) is 4.71. The van der Waals surface area contributed by atoms with Crippen molar-refractivity contribution in [3.8, 4) is 6.07 Å². The molecular weight excluding hydrogens is 310 g/mol. The number of hydrogen-bond donors (Lipinski definition) is 2. The second kappa shape index (κ2) is 7.45. The van der Waals surface area contributed by atoms with Crippen molar-refractivity contribution in [2.45, 2.75) is 20.3 Å². The molecule has 25 heavy (non-hydrogen) atoms. The lowest BCUT2D eigenvalue weighted by Crippen LogP contribution is -2.01. The van der Waals surface area contributed by atoms with Gasteiger partial charge in [0, 0.05) is 17.4 Å². The maximum atomic E-state index is 9.00. The zero-order chi connectivity index (χ0) is 17.6. The van der Waals surface area contributed by atoms with Crippen LogP contribution >= 0.6 is 0 Å². The van der Waals surface area contributed by atoms with Gasteiger partial charge >= 0.3 is 0 Å². The first kappa shape index (κ1) is 16.5. The second-order valence-corrected chi connectivity index (χ2v) is 5.68. The molecule has 0 aliphatic heterocycles. The zero-order valence-corrected chi connectivity index (χ0v) is 14.2. The van der Waals surface area contributed by atoms with Gasteiger partial charge in [0.1, 0.15) is 17.5 Å². The molecule has 0 spiro atoms. The van der Waals surface area contributed by atoms with Gasteiger partial charge in [0.15, 0.2) is 0 Å².